The molecule has 1 amide bonds. The third-order valence-electron chi connectivity index (χ3n) is 8.54. The van der Waals surface area contributed by atoms with Crippen LogP contribution in [-0.2, 0) is 20.7 Å². The number of hydrogen-bond acceptors (Lipinski definition) is 11. The van der Waals surface area contributed by atoms with Crippen molar-refractivity contribution in [2.45, 2.75) is 30.3 Å². The number of rotatable bonds is 4. The molecule has 3 aliphatic carbocycles. The minimum Gasteiger partial charge on any atom is -0.510 e. The van der Waals surface area contributed by atoms with Crippen molar-refractivity contribution in [2.24, 2.45) is 17.6 Å². The van der Waals surface area contributed by atoms with Crippen molar-refractivity contribution < 1.29 is 34.8 Å². The second-order valence-corrected chi connectivity index (χ2v) is 10.5. The van der Waals surface area contributed by atoms with Crippen LogP contribution in [0.15, 0.2) is 38.6 Å². The molecule has 0 radical (unpaired) electrons. The number of carbonyl (C=O) groups is 2. The number of anilines is 1. The second-order valence-electron chi connectivity index (χ2n) is 10.5. The number of primary amides is 1. The minimum absolute atomic E-state index is 0.0651. The molecule has 0 bridgehead atoms. The van der Waals surface area contributed by atoms with E-state index in [9.17, 15) is 39.6 Å². The van der Waals surface area contributed by atoms with Crippen LogP contribution in [0.1, 0.15) is 17.5 Å². The maximum Gasteiger partial charge on any atom is 0.253 e. The van der Waals surface area contributed by atoms with Gasteiger partial charge in [0.25, 0.3) is 5.91 Å². The van der Waals surface area contributed by atoms with E-state index in [0.717, 1.165) is 0 Å². The molecule has 2 aromatic rings. The quantitative estimate of drug-likeness (QED) is 0.221. The fourth-order valence-corrected chi connectivity index (χ4v) is 6.98. The SMILES string of the molecule is CNc1c(-c2ccc(O)c3c2C[C@H]2C[C@H]4[C@H](N(C)C)C(O)=C(C(N)=O)C5(O)O[C@]45C(=O)C2=C3O)c(=O)c1=O. The number of fused-ring (bicyclic) bond motifs is 2. The number of amides is 1. The van der Waals surface area contributed by atoms with Gasteiger partial charge in [-0.2, -0.15) is 0 Å². The Bertz CT molecular complexity index is 1630. The second kappa shape index (κ2) is 7.31. The first-order valence-electron chi connectivity index (χ1n) is 12.0. The van der Waals surface area contributed by atoms with E-state index in [1.165, 1.54) is 19.2 Å². The maximum atomic E-state index is 14.0. The van der Waals surface area contributed by atoms with Crippen LogP contribution < -0.4 is 21.9 Å². The van der Waals surface area contributed by atoms with Gasteiger partial charge < -0.3 is 36.2 Å². The summed E-state index contributed by atoms with van der Waals surface area (Å²) in [4.78, 5) is 52.4. The molecule has 0 aromatic heterocycles. The predicted octanol–water partition coefficient (Wildman–Crippen LogP) is -0.574. The van der Waals surface area contributed by atoms with E-state index < -0.39 is 68.9 Å². The number of aromatic hydroxyl groups is 1. The Balaban J connectivity index is 1.56. The van der Waals surface area contributed by atoms with Crippen LogP contribution in [0.25, 0.3) is 16.9 Å². The van der Waals surface area contributed by atoms with Crippen LogP contribution in [0.3, 0.4) is 0 Å². The van der Waals surface area contributed by atoms with E-state index in [0.29, 0.717) is 11.1 Å². The van der Waals surface area contributed by atoms with Crippen molar-refractivity contribution >= 4 is 23.1 Å². The molecule has 1 saturated carbocycles. The van der Waals surface area contributed by atoms with Crippen LogP contribution in [0, 0.1) is 11.8 Å². The largest absolute Gasteiger partial charge is 0.510 e. The molecule has 6 rings (SSSR count). The summed E-state index contributed by atoms with van der Waals surface area (Å²) in [5.41, 5.74) is 2.28. The molecular weight excluding hydrogens is 498 g/mol. The summed E-state index contributed by atoms with van der Waals surface area (Å²) in [6, 6.07) is 1.83. The first kappa shape index (κ1) is 24.3. The molecule has 2 fully saturated rings. The van der Waals surface area contributed by atoms with Gasteiger partial charge in [0.1, 0.15) is 22.8 Å². The molecule has 5 atom stereocenters. The standard InChI is InChI=1S/C26H25N3O9/c1-28-17-15(20(32)22(17)34)9-4-5-12(30)14-10(9)6-8-7-11-18(29(2)3)21(33)16(24(27)36)26(37)25(11,38-26)23(35)13(8)19(14)31/h4-5,8,11,18,28,30-31,33,37H,6-7H2,1-3H3,(H2,27,36)/t8-,11-,18-,25-,26?/m0/s1. The van der Waals surface area contributed by atoms with Crippen LogP contribution in [-0.4, -0.2) is 75.6 Å². The Kier molecular flexibility index (Phi) is 4.68. The molecule has 2 aromatic carbocycles. The van der Waals surface area contributed by atoms with Crippen LogP contribution >= 0.6 is 0 Å². The molecular formula is C26H25N3O9. The lowest BCUT2D eigenvalue weighted by Gasteiger charge is -2.46. The molecule has 198 valence electrons. The first-order valence-corrected chi connectivity index (χ1v) is 12.0. The number of phenols is 1. The zero-order chi connectivity index (χ0) is 27.6. The van der Waals surface area contributed by atoms with Crippen LogP contribution in [0.4, 0.5) is 5.69 Å². The highest BCUT2D eigenvalue weighted by Crippen LogP contribution is 2.67. The lowest BCUT2D eigenvalue weighted by Crippen LogP contribution is -2.60. The summed E-state index contributed by atoms with van der Waals surface area (Å²) in [6.07, 6.45) is 0.232. The summed E-state index contributed by atoms with van der Waals surface area (Å²) < 4.78 is 5.61. The molecule has 38 heavy (non-hydrogen) atoms. The van der Waals surface area contributed by atoms with Gasteiger partial charge in [0, 0.05) is 18.5 Å². The first-order chi connectivity index (χ1) is 17.8. The zero-order valence-electron chi connectivity index (χ0n) is 20.7. The molecule has 1 saturated heterocycles. The molecule has 1 heterocycles. The number of hydrogen-bond donors (Lipinski definition) is 6. The zero-order valence-corrected chi connectivity index (χ0v) is 20.7. The number of epoxide rings is 1. The fourth-order valence-electron chi connectivity index (χ4n) is 6.98. The van der Waals surface area contributed by atoms with Crippen molar-refractivity contribution in [3.8, 4) is 16.9 Å². The molecule has 1 spiro atoms. The van der Waals surface area contributed by atoms with E-state index in [-0.39, 0.29) is 41.0 Å². The van der Waals surface area contributed by atoms with E-state index in [1.807, 2.05) is 0 Å². The van der Waals surface area contributed by atoms with Crippen LogP contribution in [0.5, 0.6) is 5.75 Å². The number of aliphatic hydroxyl groups excluding tert-OH is 2. The number of Topliss-reactive ketones (excluding diaryl/α,β-unsaturated/α-hetero) is 1. The molecule has 12 nitrogen and oxygen atoms in total. The Morgan fingerprint density at radius 2 is 1.82 bits per heavy atom. The highest BCUT2D eigenvalue weighted by molar-refractivity contribution is 6.14. The normalized spacial score (nSPS) is 31.6. The van der Waals surface area contributed by atoms with Gasteiger partial charge in [-0.25, -0.2) is 0 Å². The molecule has 7 N–H and O–H groups in total. The number of benzene rings is 1. The highest BCUT2D eigenvalue weighted by Gasteiger charge is 2.85. The monoisotopic (exact) mass is 523 g/mol. The number of carbonyl (C=O) groups excluding carboxylic acids is 2. The Hall–Kier alpha value is -4.00. The number of nitrogens with zero attached hydrogens (tertiary/aromatic N) is 1. The number of aliphatic hydroxyl groups is 3. The molecule has 1 aliphatic heterocycles. The number of nitrogens with two attached hydrogens (primary N) is 1. The summed E-state index contributed by atoms with van der Waals surface area (Å²) in [5, 5.41) is 47.0. The van der Waals surface area contributed by atoms with Crippen LogP contribution in [0.2, 0.25) is 0 Å². The van der Waals surface area contributed by atoms with E-state index in [4.69, 9.17) is 10.5 Å². The van der Waals surface area contributed by atoms with Gasteiger partial charge in [-0.05, 0) is 50.0 Å². The van der Waals surface area contributed by atoms with Gasteiger partial charge in [0.05, 0.1) is 22.9 Å². The minimum atomic E-state index is -2.47. The highest BCUT2D eigenvalue weighted by atomic mass is 16.8. The van der Waals surface area contributed by atoms with E-state index in [2.05, 4.69) is 5.32 Å². The van der Waals surface area contributed by atoms with Crippen molar-refractivity contribution in [1.29, 1.82) is 0 Å². The number of nitrogens with one attached hydrogen (secondary N) is 1. The number of ketones is 1. The topological polar surface area (TPSA) is 203 Å². The molecule has 1 unspecified atom stereocenters. The summed E-state index contributed by atoms with van der Waals surface area (Å²) in [6.45, 7) is 0. The molecule has 12 heteroatoms. The van der Waals surface area contributed by atoms with Gasteiger partial charge >= 0.3 is 0 Å². The predicted molar refractivity (Wildman–Crippen MR) is 133 cm³/mol. The Morgan fingerprint density at radius 1 is 1.13 bits per heavy atom. The third kappa shape index (κ3) is 2.54. The Labute approximate surface area is 214 Å². The van der Waals surface area contributed by atoms with Gasteiger partial charge in [-0.3, -0.25) is 24.1 Å². The van der Waals surface area contributed by atoms with Crippen molar-refractivity contribution in [1.82, 2.24) is 4.90 Å². The number of ether oxygens (including phenoxy) is 1. The summed E-state index contributed by atoms with van der Waals surface area (Å²) in [7, 11) is 4.76. The van der Waals surface area contributed by atoms with Gasteiger partial charge in [-0.1, -0.05) is 6.07 Å². The summed E-state index contributed by atoms with van der Waals surface area (Å²) in [5.74, 6) is -7.27. The average Bonchev–Trinajstić information content (AvgIpc) is 3.47. The fraction of sp³-hybridized carbons (Fsp3) is 0.385. The lowest BCUT2D eigenvalue weighted by molar-refractivity contribution is -0.127. The third-order valence-corrected chi connectivity index (χ3v) is 8.54. The lowest BCUT2D eigenvalue weighted by atomic mass is 9.58. The number of likely N-dealkylation sites (N-methyl/N-ethyl adjacent to an activating group) is 1. The Morgan fingerprint density at radius 3 is 2.42 bits per heavy atom. The van der Waals surface area contributed by atoms with Gasteiger partial charge in [0.15, 0.2) is 5.60 Å². The average molecular weight is 523 g/mol. The van der Waals surface area contributed by atoms with Crippen molar-refractivity contribution in [3.63, 3.8) is 0 Å². The van der Waals surface area contributed by atoms with Crippen molar-refractivity contribution in [2.75, 3.05) is 26.5 Å². The maximum absolute atomic E-state index is 14.0. The van der Waals surface area contributed by atoms with E-state index in [1.54, 1.807) is 19.0 Å². The molecule has 4 aliphatic rings. The van der Waals surface area contributed by atoms with Crippen molar-refractivity contribution in [3.05, 3.63) is 60.6 Å². The number of phenolic OH excluding ortho intramolecular Hbond substituents is 1. The smallest absolute Gasteiger partial charge is 0.253 e. The van der Waals surface area contributed by atoms with Gasteiger partial charge in [-0.15, -0.1) is 0 Å². The summed E-state index contributed by atoms with van der Waals surface area (Å²) >= 11 is 0. The van der Waals surface area contributed by atoms with E-state index >= 15 is 0 Å². The van der Waals surface area contributed by atoms with Gasteiger partial charge in [0.2, 0.25) is 22.4 Å².